The number of rotatable bonds is 11. The average Bonchev–Trinajstić information content (AvgIpc) is 3.45. The van der Waals surface area contributed by atoms with Crippen molar-refractivity contribution in [3.8, 4) is 0 Å². The van der Waals surface area contributed by atoms with E-state index in [0.29, 0.717) is 30.5 Å². The summed E-state index contributed by atoms with van der Waals surface area (Å²) in [5.74, 6) is 1.26. The van der Waals surface area contributed by atoms with Gasteiger partial charge in [-0.15, -0.1) is 0 Å². The van der Waals surface area contributed by atoms with Crippen molar-refractivity contribution in [2.24, 2.45) is 5.92 Å². The van der Waals surface area contributed by atoms with Gasteiger partial charge in [0.25, 0.3) is 0 Å². The van der Waals surface area contributed by atoms with Crippen molar-refractivity contribution in [3.05, 3.63) is 71.3 Å². The van der Waals surface area contributed by atoms with Crippen LogP contribution in [0, 0.1) is 12.8 Å². The summed E-state index contributed by atoms with van der Waals surface area (Å²) >= 11 is 0. The molecule has 1 aliphatic heterocycles. The molecule has 2 amide bonds. The highest BCUT2D eigenvalue weighted by Crippen LogP contribution is 2.44. The van der Waals surface area contributed by atoms with Crippen LogP contribution in [0.4, 0.5) is 4.79 Å². The first-order valence-electron chi connectivity index (χ1n) is 17.5. The molecule has 240 valence electrons. The number of carbonyl (C=O) groups is 2. The molecule has 3 aliphatic rings. The molecule has 0 radical (unpaired) electrons. The SMILES string of the molecule is CCCCN(C(=O)OCc1ccc(C)cc1)C1CCN(CC2CC(N(C(C)=O)C3CCCCC3)CC2c2ccccc2)CC1. The lowest BCUT2D eigenvalue weighted by molar-refractivity contribution is -0.134. The summed E-state index contributed by atoms with van der Waals surface area (Å²) in [5, 5.41) is 0. The summed E-state index contributed by atoms with van der Waals surface area (Å²) in [5.41, 5.74) is 3.66. The Kier molecular flexibility index (Phi) is 11.8. The maximum absolute atomic E-state index is 13.3. The first-order chi connectivity index (χ1) is 21.4. The topological polar surface area (TPSA) is 53.1 Å². The predicted molar refractivity (Wildman–Crippen MR) is 178 cm³/mol. The van der Waals surface area contributed by atoms with E-state index in [2.05, 4.69) is 66.1 Å². The van der Waals surface area contributed by atoms with E-state index in [4.69, 9.17) is 4.74 Å². The predicted octanol–water partition coefficient (Wildman–Crippen LogP) is 7.94. The molecule has 6 nitrogen and oxygen atoms in total. The Labute approximate surface area is 266 Å². The van der Waals surface area contributed by atoms with Gasteiger partial charge in [-0.3, -0.25) is 4.79 Å². The Hall–Kier alpha value is -2.86. The molecular formula is C38H55N3O3. The van der Waals surface area contributed by atoms with Crippen LogP contribution in [-0.2, 0) is 16.1 Å². The Morgan fingerprint density at radius 1 is 0.864 bits per heavy atom. The number of amides is 2. The maximum Gasteiger partial charge on any atom is 0.410 e. The van der Waals surface area contributed by atoms with Gasteiger partial charge in [-0.2, -0.15) is 0 Å². The van der Waals surface area contributed by atoms with E-state index in [1.165, 1.54) is 30.4 Å². The third-order valence-corrected chi connectivity index (χ3v) is 10.6. The highest BCUT2D eigenvalue weighted by atomic mass is 16.6. The fourth-order valence-corrected chi connectivity index (χ4v) is 8.21. The van der Waals surface area contributed by atoms with E-state index in [9.17, 15) is 9.59 Å². The van der Waals surface area contributed by atoms with Gasteiger partial charge >= 0.3 is 6.09 Å². The summed E-state index contributed by atoms with van der Waals surface area (Å²) in [4.78, 5) is 33.3. The zero-order valence-corrected chi connectivity index (χ0v) is 27.5. The quantitative estimate of drug-likeness (QED) is 0.262. The van der Waals surface area contributed by atoms with Crippen LogP contribution < -0.4 is 0 Å². The second kappa shape index (κ2) is 15.9. The van der Waals surface area contributed by atoms with Crippen molar-refractivity contribution in [3.63, 3.8) is 0 Å². The normalized spacial score (nSPS) is 23.4. The van der Waals surface area contributed by atoms with Crippen LogP contribution in [0.15, 0.2) is 54.6 Å². The number of aryl methyl sites for hydroxylation is 1. The number of piperidine rings is 1. The van der Waals surface area contributed by atoms with Gasteiger partial charge < -0.3 is 19.4 Å². The number of unbranched alkanes of at least 4 members (excludes halogenated alkanes) is 1. The van der Waals surface area contributed by atoms with Gasteiger partial charge in [-0.05, 0) is 74.8 Å². The van der Waals surface area contributed by atoms with Crippen molar-refractivity contribution in [1.82, 2.24) is 14.7 Å². The molecule has 44 heavy (non-hydrogen) atoms. The van der Waals surface area contributed by atoms with E-state index in [-0.39, 0.29) is 18.0 Å². The summed E-state index contributed by atoms with van der Waals surface area (Å²) < 4.78 is 5.82. The van der Waals surface area contributed by atoms with Crippen molar-refractivity contribution in [2.75, 3.05) is 26.2 Å². The minimum absolute atomic E-state index is 0.174. The summed E-state index contributed by atoms with van der Waals surface area (Å²) in [6.07, 6.45) is 12.1. The highest BCUT2D eigenvalue weighted by Gasteiger charge is 2.42. The number of ether oxygens (including phenoxy) is 1. The Bertz CT molecular complexity index is 1170. The van der Waals surface area contributed by atoms with E-state index in [1.54, 1.807) is 6.92 Å². The maximum atomic E-state index is 13.3. The van der Waals surface area contributed by atoms with Crippen LogP contribution in [0.1, 0.15) is 107 Å². The molecule has 0 spiro atoms. The zero-order valence-electron chi connectivity index (χ0n) is 27.5. The molecule has 3 atom stereocenters. The van der Waals surface area contributed by atoms with Crippen LogP contribution in [0.2, 0.25) is 0 Å². The molecule has 2 aromatic carbocycles. The lowest BCUT2D eigenvalue weighted by Crippen LogP contribution is -2.49. The summed E-state index contributed by atoms with van der Waals surface area (Å²) in [6, 6.07) is 20.2. The number of benzene rings is 2. The number of nitrogens with zero attached hydrogens (tertiary/aromatic N) is 3. The molecular weight excluding hydrogens is 546 g/mol. The largest absolute Gasteiger partial charge is 0.445 e. The molecule has 5 rings (SSSR count). The van der Waals surface area contributed by atoms with Crippen molar-refractivity contribution >= 4 is 12.0 Å². The van der Waals surface area contributed by atoms with Crippen LogP contribution in [-0.4, -0.2) is 71.0 Å². The van der Waals surface area contributed by atoms with Gasteiger partial charge in [0, 0.05) is 51.2 Å². The second-order valence-electron chi connectivity index (χ2n) is 13.7. The second-order valence-corrected chi connectivity index (χ2v) is 13.7. The van der Waals surface area contributed by atoms with Crippen LogP contribution in [0.25, 0.3) is 0 Å². The molecule has 2 saturated carbocycles. The van der Waals surface area contributed by atoms with Crippen LogP contribution in [0.5, 0.6) is 0 Å². The van der Waals surface area contributed by atoms with E-state index >= 15 is 0 Å². The molecule has 1 saturated heterocycles. The zero-order chi connectivity index (χ0) is 30.9. The fourth-order valence-electron chi connectivity index (χ4n) is 8.21. The minimum atomic E-state index is -0.174. The number of carbonyl (C=O) groups excluding carboxylic acids is 2. The molecule has 2 aromatic rings. The smallest absolute Gasteiger partial charge is 0.410 e. The molecule has 3 fully saturated rings. The van der Waals surface area contributed by atoms with Gasteiger partial charge in [-0.1, -0.05) is 92.8 Å². The van der Waals surface area contributed by atoms with E-state index in [0.717, 1.165) is 83.1 Å². The average molecular weight is 602 g/mol. The third-order valence-electron chi connectivity index (χ3n) is 10.6. The molecule has 0 bridgehead atoms. The number of hydrogen-bond acceptors (Lipinski definition) is 4. The minimum Gasteiger partial charge on any atom is -0.445 e. The lowest BCUT2D eigenvalue weighted by Gasteiger charge is -2.39. The molecule has 3 unspecified atom stereocenters. The number of hydrogen-bond donors (Lipinski definition) is 0. The first-order valence-corrected chi connectivity index (χ1v) is 17.5. The third kappa shape index (κ3) is 8.44. The standard InChI is InChI=1S/C38H55N3O3/c1-4-5-22-40(38(43)44-28-31-18-16-29(2)17-19-31)34-20-23-39(24-21-34)27-33-25-36(26-37(33)32-12-8-6-9-13-32)41(30(3)42)35-14-10-7-11-15-35/h6,8-9,12-13,16-19,33-37H,4-5,7,10-11,14-15,20-28H2,1-3H3. The summed E-state index contributed by atoms with van der Waals surface area (Å²) in [7, 11) is 0. The van der Waals surface area contributed by atoms with Crippen molar-refractivity contribution in [1.29, 1.82) is 0 Å². The molecule has 0 N–H and O–H groups in total. The molecule has 2 aliphatic carbocycles. The van der Waals surface area contributed by atoms with Gasteiger partial charge in [0.2, 0.25) is 5.91 Å². The first kappa shape index (κ1) is 32.5. The molecule has 6 heteroatoms. The van der Waals surface area contributed by atoms with Gasteiger partial charge in [-0.25, -0.2) is 4.79 Å². The van der Waals surface area contributed by atoms with Crippen LogP contribution in [0.3, 0.4) is 0 Å². The van der Waals surface area contributed by atoms with Gasteiger partial charge in [0.1, 0.15) is 6.61 Å². The van der Waals surface area contributed by atoms with E-state index in [1.807, 2.05) is 17.0 Å². The Balaban J connectivity index is 1.21. The monoisotopic (exact) mass is 601 g/mol. The van der Waals surface area contributed by atoms with Crippen LogP contribution >= 0.6 is 0 Å². The van der Waals surface area contributed by atoms with Crippen molar-refractivity contribution in [2.45, 2.75) is 122 Å². The van der Waals surface area contributed by atoms with Gasteiger partial charge in [0.05, 0.1) is 0 Å². The Morgan fingerprint density at radius 2 is 1.57 bits per heavy atom. The Morgan fingerprint density at radius 3 is 2.23 bits per heavy atom. The van der Waals surface area contributed by atoms with Gasteiger partial charge in [0.15, 0.2) is 0 Å². The highest BCUT2D eigenvalue weighted by molar-refractivity contribution is 5.74. The molecule has 1 heterocycles. The fraction of sp³-hybridized carbons (Fsp3) is 0.632. The summed E-state index contributed by atoms with van der Waals surface area (Å²) in [6.45, 7) is 10.2. The van der Waals surface area contributed by atoms with Crippen molar-refractivity contribution < 1.29 is 14.3 Å². The molecule has 0 aromatic heterocycles. The van der Waals surface area contributed by atoms with E-state index < -0.39 is 0 Å². The number of likely N-dealkylation sites (tertiary alicyclic amines) is 1. The lowest BCUT2D eigenvalue weighted by atomic mass is 9.88.